The molecule has 3 aliphatic rings. The quantitative estimate of drug-likeness (QED) is 0.774. The molecule has 130 valence electrons. The van der Waals surface area contributed by atoms with Crippen molar-refractivity contribution in [3.05, 3.63) is 18.5 Å². The number of amides is 2. The van der Waals surface area contributed by atoms with Crippen molar-refractivity contribution in [2.24, 2.45) is 5.41 Å². The third-order valence-corrected chi connectivity index (χ3v) is 5.36. The van der Waals surface area contributed by atoms with Crippen LogP contribution in [0.2, 0.25) is 0 Å². The Morgan fingerprint density at radius 2 is 1.83 bits per heavy atom. The zero-order chi connectivity index (χ0) is 16.4. The number of aromatic nitrogens is 2. The van der Waals surface area contributed by atoms with Crippen LogP contribution in [0.4, 0.5) is 10.7 Å². The van der Waals surface area contributed by atoms with Gasteiger partial charge in [-0.3, -0.25) is 0 Å². The van der Waals surface area contributed by atoms with Crippen molar-refractivity contribution in [1.82, 2.24) is 19.8 Å². The van der Waals surface area contributed by atoms with E-state index in [1.807, 2.05) is 15.9 Å². The van der Waals surface area contributed by atoms with Crippen LogP contribution in [0.25, 0.3) is 0 Å². The number of rotatable bonds is 1. The number of urea groups is 1. The minimum absolute atomic E-state index is 0.00884. The number of ether oxygens (including phenoxy) is 1. The van der Waals surface area contributed by atoms with Crippen LogP contribution in [0.3, 0.4) is 0 Å². The van der Waals surface area contributed by atoms with Gasteiger partial charge in [0.05, 0.1) is 13.2 Å². The monoisotopic (exact) mass is 331 g/mol. The zero-order valence-electron chi connectivity index (χ0n) is 14.1. The number of likely N-dealkylation sites (tertiary alicyclic amines) is 1. The molecule has 3 aliphatic heterocycles. The van der Waals surface area contributed by atoms with Crippen molar-refractivity contribution in [3.63, 3.8) is 0 Å². The Bertz CT molecular complexity index is 578. The topological polar surface area (TPSA) is 61.8 Å². The second-order valence-corrected chi connectivity index (χ2v) is 7.17. The van der Waals surface area contributed by atoms with Gasteiger partial charge < -0.3 is 19.4 Å². The van der Waals surface area contributed by atoms with E-state index in [-0.39, 0.29) is 11.4 Å². The van der Waals surface area contributed by atoms with Crippen LogP contribution >= 0.6 is 0 Å². The molecule has 0 N–H and O–H groups in total. The van der Waals surface area contributed by atoms with Crippen molar-refractivity contribution in [3.8, 4) is 0 Å². The van der Waals surface area contributed by atoms with E-state index in [4.69, 9.17) is 4.74 Å². The number of nitrogens with zero attached hydrogens (tertiary/aromatic N) is 5. The third kappa shape index (κ3) is 3.05. The van der Waals surface area contributed by atoms with Gasteiger partial charge in [-0.15, -0.1) is 0 Å². The Morgan fingerprint density at radius 3 is 2.62 bits per heavy atom. The summed E-state index contributed by atoms with van der Waals surface area (Å²) >= 11 is 0. The van der Waals surface area contributed by atoms with Gasteiger partial charge >= 0.3 is 6.03 Å². The minimum atomic E-state index is -0.00884. The third-order valence-electron chi connectivity index (χ3n) is 5.36. The van der Waals surface area contributed by atoms with Gasteiger partial charge in [0.1, 0.15) is 0 Å². The fourth-order valence-corrected chi connectivity index (χ4v) is 4.07. The van der Waals surface area contributed by atoms with E-state index in [2.05, 4.69) is 14.9 Å². The van der Waals surface area contributed by atoms with E-state index in [9.17, 15) is 4.79 Å². The summed E-state index contributed by atoms with van der Waals surface area (Å²) in [5.41, 5.74) is -0.00884. The number of hydrogen-bond acceptors (Lipinski definition) is 5. The summed E-state index contributed by atoms with van der Waals surface area (Å²) in [6, 6.07) is 2.02. The smallest absolute Gasteiger partial charge is 0.320 e. The van der Waals surface area contributed by atoms with Gasteiger partial charge in [-0.2, -0.15) is 0 Å². The zero-order valence-corrected chi connectivity index (χ0v) is 14.1. The minimum Gasteiger partial charge on any atom is -0.379 e. The molecule has 1 aromatic heterocycles. The molecule has 4 heterocycles. The molecule has 0 saturated carbocycles. The molecular weight excluding hydrogens is 306 g/mol. The summed E-state index contributed by atoms with van der Waals surface area (Å²) in [7, 11) is 0. The average Bonchev–Trinajstić information content (AvgIpc) is 3.24. The van der Waals surface area contributed by atoms with E-state index in [0.29, 0.717) is 19.8 Å². The highest BCUT2D eigenvalue weighted by molar-refractivity contribution is 5.74. The first kappa shape index (κ1) is 15.6. The summed E-state index contributed by atoms with van der Waals surface area (Å²) in [5.74, 6) is 0.774. The number of anilines is 1. The first-order chi connectivity index (χ1) is 11.8. The fraction of sp³-hybridized carbons (Fsp3) is 0.706. The van der Waals surface area contributed by atoms with E-state index in [1.165, 1.54) is 0 Å². The van der Waals surface area contributed by atoms with Gasteiger partial charge in [0.25, 0.3) is 0 Å². The first-order valence-corrected chi connectivity index (χ1v) is 8.89. The van der Waals surface area contributed by atoms with Crippen LogP contribution in [0, 0.1) is 5.41 Å². The molecule has 3 saturated heterocycles. The molecule has 7 heteroatoms. The second kappa shape index (κ2) is 6.55. The number of carbonyl (C=O) groups excluding carboxylic acids is 1. The van der Waals surface area contributed by atoms with Crippen molar-refractivity contribution in [2.75, 3.05) is 57.4 Å². The Hall–Kier alpha value is -1.89. The predicted octanol–water partition coefficient (Wildman–Crippen LogP) is 1.22. The number of carbonyl (C=O) groups is 1. The molecular formula is C17H25N5O2. The molecule has 1 spiro atoms. The lowest BCUT2D eigenvalue weighted by Crippen LogP contribution is -2.48. The lowest BCUT2D eigenvalue weighted by atomic mass is 9.87. The molecule has 0 radical (unpaired) electrons. The Morgan fingerprint density at radius 1 is 1.04 bits per heavy atom. The molecule has 1 aromatic rings. The van der Waals surface area contributed by atoms with Crippen molar-refractivity contribution in [2.45, 2.75) is 19.3 Å². The van der Waals surface area contributed by atoms with Gasteiger partial charge in [-0.1, -0.05) is 0 Å². The first-order valence-electron chi connectivity index (χ1n) is 8.89. The largest absolute Gasteiger partial charge is 0.379 e. The summed E-state index contributed by atoms with van der Waals surface area (Å²) in [6.07, 6.45) is 6.82. The molecule has 0 aliphatic carbocycles. The van der Waals surface area contributed by atoms with Gasteiger partial charge in [0.15, 0.2) is 0 Å². The lowest BCUT2D eigenvalue weighted by Gasteiger charge is -2.33. The summed E-state index contributed by atoms with van der Waals surface area (Å²) in [4.78, 5) is 27.7. The second-order valence-electron chi connectivity index (χ2n) is 7.17. The summed E-state index contributed by atoms with van der Waals surface area (Å²) in [5, 5.41) is 0. The van der Waals surface area contributed by atoms with Gasteiger partial charge in [-0.05, 0) is 25.3 Å². The lowest BCUT2D eigenvalue weighted by molar-refractivity contribution is 0.0800. The maximum Gasteiger partial charge on any atom is 0.320 e. The molecule has 3 fully saturated rings. The summed E-state index contributed by atoms with van der Waals surface area (Å²) in [6.45, 7) is 6.36. The Kier molecular flexibility index (Phi) is 4.26. The van der Waals surface area contributed by atoms with E-state index in [1.54, 1.807) is 12.4 Å². The highest BCUT2D eigenvalue weighted by Gasteiger charge is 2.43. The van der Waals surface area contributed by atoms with Crippen LogP contribution in [0.15, 0.2) is 18.5 Å². The van der Waals surface area contributed by atoms with Gasteiger partial charge in [0.2, 0.25) is 5.95 Å². The van der Waals surface area contributed by atoms with Crippen molar-refractivity contribution in [1.29, 1.82) is 0 Å². The van der Waals surface area contributed by atoms with E-state index < -0.39 is 0 Å². The maximum absolute atomic E-state index is 12.8. The van der Waals surface area contributed by atoms with Crippen molar-refractivity contribution < 1.29 is 9.53 Å². The molecule has 0 aromatic carbocycles. The number of hydrogen-bond donors (Lipinski definition) is 0. The van der Waals surface area contributed by atoms with Crippen LogP contribution in [0.5, 0.6) is 0 Å². The molecule has 7 nitrogen and oxygen atoms in total. The van der Waals surface area contributed by atoms with Crippen LogP contribution in [-0.2, 0) is 4.74 Å². The molecule has 4 rings (SSSR count). The standard InChI is InChI=1S/C17H25N5O2/c23-16(20-7-1-2-8-20)22-10-11-24-14-17(13-22)4-9-21(12-17)15-18-5-3-6-19-15/h3,5-6H,1-2,4,7-14H2/t17-/m1/s1. The van der Waals surface area contributed by atoms with Crippen LogP contribution in [0.1, 0.15) is 19.3 Å². The highest BCUT2D eigenvalue weighted by Crippen LogP contribution is 2.35. The molecule has 1 atom stereocenters. The fourth-order valence-electron chi connectivity index (χ4n) is 4.07. The van der Waals surface area contributed by atoms with Gasteiger partial charge in [0, 0.05) is 57.1 Å². The highest BCUT2D eigenvalue weighted by atomic mass is 16.5. The SMILES string of the molecule is O=C(N1CCCC1)N1CCOC[C@@]2(CCN(c3ncccn3)C2)C1. The Labute approximate surface area is 142 Å². The normalized spacial score (nSPS) is 27.8. The van der Waals surface area contributed by atoms with E-state index >= 15 is 0 Å². The maximum atomic E-state index is 12.8. The summed E-state index contributed by atoms with van der Waals surface area (Å²) < 4.78 is 5.88. The van der Waals surface area contributed by atoms with E-state index in [0.717, 1.165) is 57.9 Å². The molecule has 2 amide bonds. The van der Waals surface area contributed by atoms with Gasteiger partial charge in [-0.25, -0.2) is 14.8 Å². The van der Waals surface area contributed by atoms with Crippen LogP contribution < -0.4 is 4.90 Å². The predicted molar refractivity (Wildman–Crippen MR) is 89.9 cm³/mol. The Balaban J connectivity index is 1.47. The molecule has 0 unspecified atom stereocenters. The molecule has 24 heavy (non-hydrogen) atoms. The van der Waals surface area contributed by atoms with Crippen molar-refractivity contribution >= 4 is 12.0 Å². The van der Waals surface area contributed by atoms with Crippen LogP contribution in [-0.4, -0.2) is 78.3 Å². The average molecular weight is 331 g/mol. The molecule has 0 bridgehead atoms.